The van der Waals surface area contributed by atoms with Gasteiger partial charge in [0.2, 0.25) is 5.76 Å². The first-order chi connectivity index (χ1) is 8.08. The molecule has 1 aromatic rings. The molecule has 1 atom stereocenters. The molecule has 0 aliphatic carbocycles. The van der Waals surface area contributed by atoms with Crippen LogP contribution in [0, 0.1) is 5.92 Å². The van der Waals surface area contributed by atoms with Crippen molar-refractivity contribution in [2.75, 3.05) is 20.8 Å². The Morgan fingerprint density at radius 3 is 2.53 bits per heavy atom. The monoisotopic (exact) mass is 240 g/mol. The highest BCUT2D eigenvalue weighted by Gasteiger charge is 2.17. The molecule has 0 saturated carbocycles. The van der Waals surface area contributed by atoms with Crippen molar-refractivity contribution >= 4 is 11.8 Å². The molecule has 1 rings (SSSR count). The van der Waals surface area contributed by atoms with E-state index >= 15 is 0 Å². The number of rotatable bonds is 6. The van der Waals surface area contributed by atoms with Gasteiger partial charge < -0.3 is 13.9 Å². The Morgan fingerprint density at radius 2 is 1.94 bits per heavy atom. The van der Waals surface area contributed by atoms with Gasteiger partial charge in [-0.1, -0.05) is 6.92 Å². The SMILES string of the molecule is COCC(C)CC(=O)c1ccc(C(=O)OC)o1. The number of Topliss-reactive ketones (excluding diaryl/α,β-unsaturated/α-hetero) is 1. The second-order valence-electron chi connectivity index (χ2n) is 3.84. The molecule has 0 amide bonds. The van der Waals surface area contributed by atoms with Gasteiger partial charge in [-0.05, 0) is 18.1 Å². The lowest BCUT2D eigenvalue weighted by molar-refractivity contribution is 0.0562. The van der Waals surface area contributed by atoms with Crippen molar-refractivity contribution < 1.29 is 23.5 Å². The second kappa shape index (κ2) is 6.20. The Morgan fingerprint density at radius 1 is 1.29 bits per heavy atom. The fourth-order valence-electron chi connectivity index (χ4n) is 1.46. The van der Waals surface area contributed by atoms with E-state index in [0.29, 0.717) is 13.0 Å². The number of methoxy groups -OCH3 is 2. The summed E-state index contributed by atoms with van der Waals surface area (Å²) in [5.74, 6) is -0.415. The van der Waals surface area contributed by atoms with E-state index in [4.69, 9.17) is 9.15 Å². The Hall–Kier alpha value is -1.62. The van der Waals surface area contributed by atoms with Crippen LogP contribution >= 0.6 is 0 Å². The first-order valence-electron chi connectivity index (χ1n) is 5.28. The van der Waals surface area contributed by atoms with Gasteiger partial charge in [-0.15, -0.1) is 0 Å². The maximum absolute atomic E-state index is 11.8. The number of hydrogen-bond donors (Lipinski definition) is 0. The molecule has 0 N–H and O–H groups in total. The predicted octanol–water partition coefficient (Wildman–Crippen LogP) is 1.92. The maximum Gasteiger partial charge on any atom is 0.373 e. The van der Waals surface area contributed by atoms with Crippen molar-refractivity contribution in [3.05, 3.63) is 23.7 Å². The maximum atomic E-state index is 11.8. The van der Waals surface area contributed by atoms with Crippen LogP contribution in [0.3, 0.4) is 0 Å². The molecular weight excluding hydrogens is 224 g/mol. The van der Waals surface area contributed by atoms with Crippen molar-refractivity contribution in [3.63, 3.8) is 0 Å². The molecule has 0 bridgehead atoms. The number of hydrogen-bond acceptors (Lipinski definition) is 5. The van der Waals surface area contributed by atoms with E-state index < -0.39 is 5.97 Å². The lowest BCUT2D eigenvalue weighted by Gasteiger charge is -2.07. The molecule has 0 aliphatic rings. The molecule has 5 nitrogen and oxygen atoms in total. The summed E-state index contributed by atoms with van der Waals surface area (Å²) in [5.41, 5.74) is 0. The van der Waals surface area contributed by atoms with Gasteiger partial charge in [0.1, 0.15) is 0 Å². The van der Waals surface area contributed by atoms with Gasteiger partial charge in [0.15, 0.2) is 11.5 Å². The average Bonchev–Trinajstić information content (AvgIpc) is 2.77. The summed E-state index contributed by atoms with van der Waals surface area (Å²) in [6.45, 7) is 2.42. The minimum Gasteiger partial charge on any atom is -0.463 e. The van der Waals surface area contributed by atoms with Crippen LogP contribution in [-0.4, -0.2) is 32.6 Å². The molecule has 0 aliphatic heterocycles. The zero-order valence-corrected chi connectivity index (χ0v) is 10.2. The third kappa shape index (κ3) is 3.71. The first kappa shape index (κ1) is 13.4. The van der Waals surface area contributed by atoms with E-state index in [-0.39, 0.29) is 23.2 Å². The van der Waals surface area contributed by atoms with E-state index in [1.807, 2.05) is 6.92 Å². The molecule has 0 radical (unpaired) electrons. The molecule has 0 saturated heterocycles. The highest BCUT2D eigenvalue weighted by Crippen LogP contribution is 2.14. The van der Waals surface area contributed by atoms with Crippen LogP contribution in [0.2, 0.25) is 0 Å². The van der Waals surface area contributed by atoms with Gasteiger partial charge in [-0.3, -0.25) is 4.79 Å². The van der Waals surface area contributed by atoms with Crippen LogP contribution in [-0.2, 0) is 9.47 Å². The summed E-state index contributed by atoms with van der Waals surface area (Å²) in [6, 6.07) is 2.91. The standard InChI is InChI=1S/C12H16O5/c1-8(7-15-2)6-9(13)10-4-5-11(17-10)12(14)16-3/h4-5,8H,6-7H2,1-3H3. The molecule has 17 heavy (non-hydrogen) atoms. The van der Waals surface area contributed by atoms with Crippen molar-refractivity contribution in [2.24, 2.45) is 5.92 Å². The Labute approximate surface area is 99.7 Å². The van der Waals surface area contributed by atoms with E-state index in [1.165, 1.54) is 19.2 Å². The molecule has 1 unspecified atom stereocenters. The third-order valence-electron chi connectivity index (χ3n) is 2.25. The summed E-state index contributed by atoms with van der Waals surface area (Å²) in [5, 5.41) is 0. The van der Waals surface area contributed by atoms with Crippen molar-refractivity contribution in [2.45, 2.75) is 13.3 Å². The topological polar surface area (TPSA) is 65.7 Å². The summed E-state index contributed by atoms with van der Waals surface area (Å²) in [4.78, 5) is 22.9. The van der Waals surface area contributed by atoms with Crippen LogP contribution in [0.5, 0.6) is 0 Å². The van der Waals surface area contributed by atoms with Crippen molar-refractivity contribution in [3.8, 4) is 0 Å². The Balaban J connectivity index is 2.64. The smallest absolute Gasteiger partial charge is 0.373 e. The largest absolute Gasteiger partial charge is 0.463 e. The van der Waals surface area contributed by atoms with E-state index in [0.717, 1.165) is 0 Å². The lowest BCUT2D eigenvalue weighted by atomic mass is 10.0. The lowest BCUT2D eigenvalue weighted by Crippen LogP contribution is -2.10. The molecule has 5 heteroatoms. The van der Waals surface area contributed by atoms with Gasteiger partial charge in [-0.2, -0.15) is 0 Å². The zero-order valence-electron chi connectivity index (χ0n) is 10.2. The van der Waals surface area contributed by atoms with Gasteiger partial charge in [0.25, 0.3) is 0 Å². The Kier molecular flexibility index (Phi) is 4.90. The van der Waals surface area contributed by atoms with Crippen LogP contribution in [0.1, 0.15) is 34.5 Å². The number of carbonyl (C=O) groups excluding carboxylic acids is 2. The van der Waals surface area contributed by atoms with Gasteiger partial charge in [0.05, 0.1) is 7.11 Å². The van der Waals surface area contributed by atoms with E-state index in [9.17, 15) is 9.59 Å². The molecule has 94 valence electrons. The minimum atomic E-state index is -0.589. The summed E-state index contributed by atoms with van der Waals surface area (Å²) in [7, 11) is 2.84. The summed E-state index contributed by atoms with van der Waals surface area (Å²) >= 11 is 0. The highest BCUT2D eigenvalue weighted by molar-refractivity contribution is 5.95. The first-order valence-corrected chi connectivity index (χ1v) is 5.28. The molecule has 0 fully saturated rings. The fraction of sp³-hybridized carbons (Fsp3) is 0.500. The predicted molar refractivity (Wildman–Crippen MR) is 60.0 cm³/mol. The van der Waals surface area contributed by atoms with Gasteiger partial charge in [0, 0.05) is 20.1 Å². The Bertz CT molecular complexity index is 393. The fourth-order valence-corrected chi connectivity index (χ4v) is 1.46. The van der Waals surface area contributed by atoms with Crippen LogP contribution in [0.15, 0.2) is 16.5 Å². The van der Waals surface area contributed by atoms with Gasteiger partial charge >= 0.3 is 5.97 Å². The van der Waals surface area contributed by atoms with Crippen LogP contribution in [0.4, 0.5) is 0 Å². The second-order valence-corrected chi connectivity index (χ2v) is 3.84. The molecule has 1 heterocycles. The average molecular weight is 240 g/mol. The van der Waals surface area contributed by atoms with Crippen molar-refractivity contribution in [1.82, 2.24) is 0 Å². The summed E-state index contributed by atoms with van der Waals surface area (Å²) < 4.78 is 14.5. The number of carbonyl (C=O) groups is 2. The minimum absolute atomic E-state index is 0.0373. The van der Waals surface area contributed by atoms with Crippen LogP contribution < -0.4 is 0 Å². The zero-order chi connectivity index (χ0) is 12.8. The molecular formula is C12H16O5. The quantitative estimate of drug-likeness (QED) is 0.561. The number of esters is 1. The number of furan rings is 1. The van der Waals surface area contributed by atoms with E-state index in [1.54, 1.807) is 7.11 Å². The number of ether oxygens (including phenoxy) is 2. The molecule has 0 aromatic carbocycles. The molecule has 0 spiro atoms. The van der Waals surface area contributed by atoms with E-state index in [2.05, 4.69) is 4.74 Å². The summed E-state index contributed by atoms with van der Waals surface area (Å²) in [6.07, 6.45) is 0.321. The highest BCUT2D eigenvalue weighted by atomic mass is 16.5. The normalized spacial score (nSPS) is 12.2. The van der Waals surface area contributed by atoms with Crippen molar-refractivity contribution in [1.29, 1.82) is 0 Å². The number of ketones is 1. The van der Waals surface area contributed by atoms with Crippen LogP contribution in [0.25, 0.3) is 0 Å². The van der Waals surface area contributed by atoms with Gasteiger partial charge in [-0.25, -0.2) is 4.79 Å². The molecule has 1 aromatic heterocycles. The third-order valence-corrected chi connectivity index (χ3v) is 2.25.